The number of methoxy groups -OCH3 is 1. The van der Waals surface area contributed by atoms with Gasteiger partial charge in [-0.05, 0) is 48.1 Å². The number of hydrogen-bond acceptors (Lipinski definition) is 5. The van der Waals surface area contributed by atoms with E-state index in [2.05, 4.69) is 10.7 Å². The van der Waals surface area contributed by atoms with Gasteiger partial charge in [0, 0.05) is 17.3 Å². The molecule has 0 bridgehead atoms. The average Bonchev–Trinajstić information content (AvgIpc) is 3.08. The number of rotatable bonds is 8. The maximum Gasteiger partial charge on any atom is 0.269 e. The van der Waals surface area contributed by atoms with Crippen molar-refractivity contribution < 1.29 is 23.5 Å². The monoisotopic (exact) mass is 506 g/mol. The van der Waals surface area contributed by atoms with Gasteiger partial charge in [0.1, 0.15) is 17.6 Å². The van der Waals surface area contributed by atoms with Crippen molar-refractivity contribution in [3.05, 3.63) is 95.8 Å². The van der Waals surface area contributed by atoms with Crippen LogP contribution in [-0.2, 0) is 16.1 Å². The number of halogens is 1. The zero-order chi connectivity index (χ0) is 25.7. The normalized spacial score (nSPS) is 15.1. The van der Waals surface area contributed by atoms with Gasteiger partial charge in [-0.1, -0.05) is 42.5 Å². The van der Waals surface area contributed by atoms with Crippen molar-refractivity contribution >= 4 is 40.7 Å². The molecule has 1 saturated heterocycles. The lowest BCUT2D eigenvalue weighted by Crippen LogP contribution is -2.49. The largest absolute Gasteiger partial charge is 0.497 e. The highest BCUT2D eigenvalue weighted by molar-refractivity contribution is 7.80. The number of anilines is 1. The van der Waals surface area contributed by atoms with Crippen molar-refractivity contribution in [1.82, 2.24) is 15.3 Å². The Morgan fingerprint density at radius 3 is 2.50 bits per heavy atom. The summed E-state index contributed by atoms with van der Waals surface area (Å²) >= 11 is 5.52. The first-order valence-electron chi connectivity index (χ1n) is 11.0. The van der Waals surface area contributed by atoms with Crippen LogP contribution in [0.4, 0.5) is 10.1 Å². The van der Waals surface area contributed by atoms with Crippen molar-refractivity contribution in [2.45, 2.75) is 19.0 Å². The van der Waals surface area contributed by atoms with Crippen LogP contribution in [0.5, 0.6) is 5.75 Å². The second kappa shape index (κ2) is 11.0. The molecule has 0 saturated carbocycles. The van der Waals surface area contributed by atoms with Crippen LogP contribution in [0.25, 0.3) is 0 Å². The van der Waals surface area contributed by atoms with Gasteiger partial charge in [0.15, 0.2) is 5.11 Å². The highest BCUT2D eigenvalue weighted by atomic mass is 32.1. The molecule has 4 rings (SSSR count). The number of ether oxygens (including phenoxy) is 1. The van der Waals surface area contributed by atoms with E-state index >= 15 is 0 Å². The van der Waals surface area contributed by atoms with Gasteiger partial charge >= 0.3 is 0 Å². The van der Waals surface area contributed by atoms with E-state index in [1.165, 1.54) is 35.2 Å². The Morgan fingerprint density at radius 1 is 1.03 bits per heavy atom. The summed E-state index contributed by atoms with van der Waals surface area (Å²) < 4.78 is 18.8. The van der Waals surface area contributed by atoms with Crippen LogP contribution < -0.4 is 15.5 Å². The lowest BCUT2D eigenvalue weighted by atomic mass is 10.1. The summed E-state index contributed by atoms with van der Waals surface area (Å²) in [5, 5.41) is 3.96. The third-order valence-corrected chi connectivity index (χ3v) is 5.94. The Hall–Kier alpha value is -4.31. The molecule has 0 spiro atoms. The smallest absolute Gasteiger partial charge is 0.269 e. The number of carbonyl (C=O) groups excluding carboxylic acids is 3. The predicted octanol–water partition coefficient (Wildman–Crippen LogP) is 3.51. The van der Waals surface area contributed by atoms with Gasteiger partial charge in [0.05, 0.1) is 20.1 Å². The average molecular weight is 507 g/mol. The van der Waals surface area contributed by atoms with Crippen molar-refractivity contribution in [2.75, 3.05) is 12.4 Å². The molecule has 2 N–H and O–H groups in total. The molecule has 0 aliphatic carbocycles. The molecule has 3 amide bonds. The Labute approximate surface area is 212 Å². The summed E-state index contributed by atoms with van der Waals surface area (Å²) in [7, 11) is 1.51. The van der Waals surface area contributed by atoms with Crippen molar-refractivity contribution in [1.29, 1.82) is 0 Å². The molecule has 0 radical (unpaired) electrons. The summed E-state index contributed by atoms with van der Waals surface area (Å²) in [6, 6.07) is 20.0. The van der Waals surface area contributed by atoms with E-state index in [0.29, 0.717) is 11.4 Å². The highest BCUT2D eigenvalue weighted by Gasteiger charge is 2.44. The quantitative estimate of drug-likeness (QED) is 0.455. The maximum atomic E-state index is 13.7. The summed E-state index contributed by atoms with van der Waals surface area (Å²) in [6.07, 6.45) is -0.287. The first kappa shape index (κ1) is 24.8. The van der Waals surface area contributed by atoms with Crippen LogP contribution >= 0.6 is 12.2 Å². The third kappa shape index (κ3) is 5.66. The SMILES string of the molecule is COc1cccc(NC(=O)CC2C(=O)N(Cc3ccccc3)C(=S)N2NC(=O)c2cccc(F)c2)c1. The van der Waals surface area contributed by atoms with E-state index in [1.54, 1.807) is 24.3 Å². The molecule has 36 heavy (non-hydrogen) atoms. The minimum Gasteiger partial charge on any atom is -0.497 e. The molecule has 1 fully saturated rings. The molecular weight excluding hydrogens is 483 g/mol. The number of hydrogen-bond donors (Lipinski definition) is 2. The topological polar surface area (TPSA) is 91.0 Å². The number of nitrogens with zero attached hydrogens (tertiary/aromatic N) is 2. The molecule has 1 aliphatic heterocycles. The summed E-state index contributed by atoms with van der Waals surface area (Å²) in [4.78, 5) is 40.4. The predicted molar refractivity (Wildman–Crippen MR) is 135 cm³/mol. The standard InChI is InChI=1S/C26H23FN4O4S/c1-35-21-12-6-11-20(14-21)28-23(32)15-22-25(34)30(16-17-7-3-2-4-8-17)26(36)31(22)29-24(33)18-9-5-10-19(27)13-18/h2-14,22H,15-16H2,1H3,(H,28,32)(H,29,33). The molecule has 1 unspecified atom stereocenters. The summed E-state index contributed by atoms with van der Waals surface area (Å²) in [5.41, 5.74) is 3.94. The van der Waals surface area contributed by atoms with Crippen molar-refractivity contribution in [3.63, 3.8) is 0 Å². The van der Waals surface area contributed by atoms with Gasteiger partial charge < -0.3 is 10.1 Å². The fraction of sp³-hybridized carbons (Fsp3) is 0.154. The van der Waals surface area contributed by atoms with Gasteiger partial charge in [-0.15, -0.1) is 0 Å². The van der Waals surface area contributed by atoms with E-state index in [0.717, 1.165) is 11.6 Å². The molecule has 184 valence electrons. The molecular formula is C26H23FN4O4S. The lowest BCUT2D eigenvalue weighted by molar-refractivity contribution is -0.131. The molecule has 3 aromatic rings. The van der Waals surface area contributed by atoms with Gasteiger partial charge in [-0.25, -0.2) is 9.40 Å². The summed E-state index contributed by atoms with van der Waals surface area (Å²) in [5.74, 6) is -1.59. The molecule has 8 nitrogen and oxygen atoms in total. The van der Waals surface area contributed by atoms with Crippen LogP contribution in [0.3, 0.4) is 0 Å². The highest BCUT2D eigenvalue weighted by Crippen LogP contribution is 2.23. The molecule has 1 aliphatic rings. The van der Waals surface area contributed by atoms with Crippen molar-refractivity contribution in [2.24, 2.45) is 0 Å². The third-order valence-electron chi connectivity index (χ3n) is 5.52. The second-order valence-corrected chi connectivity index (χ2v) is 8.38. The van der Waals surface area contributed by atoms with Crippen LogP contribution in [0, 0.1) is 5.82 Å². The molecule has 1 atom stereocenters. The lowest BCUT2D eigenvalue weighted by Gasteiger charge is -2.24. The van der Waals surface area contributed by atoms with Gasteiger partial charge in [-0.2, -0.15) is 0 Å². The number of nitrogens with one attached hydrogen (secondary N) is 2. The number of thiocarbonyl (C=S) groups is 1. The van der Waals surface area contributed by atoms with Crippen LogP contribution in [-0.4, -0.2) is 45.9 Å². The number of benzene rings is 3. The molecule has 10 heteroatoms. The Bertz CT molecular complexity index is 1300. The van der Waals surface area contributed by atoms with Crippen molar-refractivity contribution in [3.8, 4) is 5.75 Å². The number of amides is 3. The van der Waals surface area contributed by atoms with Gasteiger partial charge in [-0.3, -0.25) is 24.7 Å². The Balaban J connectivity index is 1.56. The van der Waals surface area contributed by atoms with E-state index in [1.807, 2.05) is 30.3 Å². The number of hydrazine groups is 1. The van der Waals surface area contributed by atoms with Crippen LogP contribution in [0.15, 0.2) is 78.9 Å². The molecule has 0 aromatic heterocycles. The Kier molecular flexibility index (Phi) is 7.55. The zero-order valence-electron chi connectivity index (χ0n) is 19.3. The van der Waals surface area contributed by atoms with Crippen LogP contribution in [0.2, 0.25) is 0 Å². The van der Waals surface area contributed by atoms with E-state index in [-0.39, 0.29) is 23.6 Å². The van der Waals surface area contributed by atoms with Gasteiger partial charge in [0.2, 0.25) is 5.91 Å². The Morgan fingerprint density at radius 2 is 1.78 bits per heavy atom. The number of carbonyl (C=O) groups is 3. The maximum absolute atomic E-state index is 13.7. The minimum absolute atomic E-state index is 0.0350. The minimum atomic E-state index is -1.09. The zero-order valence-corrected chi connectivity index (χ0v) is 20.1. The summed E-state index contributed by atoms with van der Waals surface area (Å²) in [6.45, 7) is 0.166. The van der Waals surface area contributed by atoms with E-state index in [4.69, 9.17) is 17.0 Å². The van der Waals surface area contributed by atoms with E-state index < -0.39 is 29.6 Å². The second-order valence-electron chi connectivity index (χ2n) is 8.01. The first-order chi connectivity index (χ1) is 17.4. The first-order valence-corrected chi connectivity index (χ1v) is 11.5. The van der Waals surface area contributed by atoms with Gasteiger partial charge in [0.25, 0.3) is 11.8 Å². The molecule has 3 aromatic carbocycles. The fourth-order valence-corrected chi connectivity index (χ4v) is 4.08. The molecule has 1 heterocycles. The fourth-order valence-electron chi connectivity index (χ4n) is 3.76. The van der Waals surface area contributed by atoms with E-state index in [9.17, 15) is 18.8 Å². The van der Waals surface area contributed by atoms with Crippen LogP contribution in [0.1, 0.15) is 22.3 Å².